The normalized spacial score (nSPS) is 23.3. The summed E-state index contributed by atoms with van der Waals surface area (Å²) in [5.74, 6) is 0. The molecule has 134 valence electrons. The highest BCUT2D eigenvalue weighted by molar-refractivity contribution is 5.05. The number of ether oxygens (including phenoxy) is 2. The number of furan rings is 1. The molecule has 2 aromatic rings. The van der Waals surface area contributed by atoms with E-state index in [4.69, 9.17) is 13.9 Å². The first kappa shape index (κ1) is 16.8. The average molecular weight is 342 g/mol. The third-order valence-corrected chi connectivity index (χ3v) is 5.47. The Morgan fingerprint density at radius 3 is 2.92 bits per heavy atom. The summed E-state index contributed by atoms with van der Waals surface area (Å²) in [5, 5.41) is 0. The van der Waals surface area contributed by atoms with E-state index in [2.05, 4.69) is 16.0 Å². The fourth-order valence-electron chi connectivity index (χ4n) is 3.96. The Morgan fingerprint density at radius 2 is 2.16 bits per heavy atom. The molecule has 0 saturated carbocycles. The Balaban J connectivity index is 1.20. The Hall–Kier alpha value is -1.69. The maximum atomic E-state index is 6.05. The Labute approximate surface area is 148 Å². The minimum atomic E-state index is 0.226. The first-order valence-corrected chi connectivity index (χ1v) is 9.14. The smallest absolute Gasteiger partial charge is 0.0947 e. The molecule has 1 unspecified atom stereocenters. The number of piperidine rings is 1. The van der Waals surface area contributed by atoms with Gasteiger partial charge in [0.25, 0.3) is 0 Å². The van der Waals surface area contributed by atoms with Gasteiger partial charge in [-0.1, -0.05) is 6.07 Å². The zero-order chi connectivity index (χ0) is 17.0. The summed E-state index contributed by atoms with van der Waals surface area (Å²) in [5.41, 5.74) is 2.59. The number of pyridine rings is 1. The molecule has 2 aromatic heterocycles. The maximum Gasteiger partial charge on any atom is 0.0947 e. The van der Waals surface area contributed by atoms with Gasteiger partial charge in [0.05, 0.1) is 44.1 Å². The zero-order valence-corrected chi connectivity index (χ0v) is 14.6. The summed E-state index contributed by atoms with van der Waals surface area (Å²) in [6.07, 6.45) is 9.16. The van der Waals surface area contributed by atoms with E-state index >= 15 is 0 Å². The monoisotopic (exact) mass is 342 g/mol. The van der Waals surface area contributed by atoms with Crippen LogP contribution in [0.25, 0.3) is 0 Å². The molecule has 0 aliphatic carbocycles. The number of rotatable bonds is 6. The van der Waals surface area contributed by atoms with E-state index in [1.165, 1.54) is 18.4 Å². The lowest BCUT2D eigenvalue weighted by atomic mass is 9.76. The molecule has 2 fully saturated rings. The van der Waals surface area contributed by atoms with Crippen molar-refractivity contribution in [3.05, 3.63) is 54.2 Å². The van der Waals surface area contributed by atoms with Gasteiger partial charge in [-0.2, -0.15) is 0 Å². The first-order chi connectivity index (χ1) is 12.3. The number of aromatic nitrogens is 1. The second kappa shape index (κ2) is 7.68. The molecule has 0 aromatic carbocycles. The summed E-state index contributed by atoms with van der Waals surface area (Å²) in [7, 11) is 0. The standard InChI is InChI=1S/C20H26N2O3/c1-2-7-21-18(3-1)14-24-15-19-11-20(16-25-19)5-8-22(9-6-20)12-17-4-10-23-13-17/h1-4,7,10,13,19H,5-6,8-9,11-12,14-16H2. The van der Waals surface area contributed by atoms with Crippen LogP contribution in [0.15, 0.2) is 47.4 Å². The van der Waals surface area contributed by atoms with Gasteiger partial charge in [0.15, 0.2) is 0 Å². The largest absolute Gasteiger partial charge is 0.472 e. The van der Waals surface area contributed by atoms with E-state index in [-0.39, 0.29) is 6.10 Å². The van der Waals surface area contributed by atoms with Crippen LogP contribution in [0.2, 0.25) is 0 Å². The molecular formula is C20H26N2O3. The molecule has 2 aliphatic rings. The van der Waals surface area contributed by atoms with Crippen LogP contribution in [0.5, 0.6) is 0 Å². The Bertz CT molecular complexity index is 636. The van der Waals surface area contributed by atoms with Gasteiger partial charge in [-0.3, -0.25) is 9.88 Å². The summed E-state index contributed by atoms with van der Waals surface area (Å²) in [6.45, 7) is 5.36. The van der Waals surface area contributed by atoms with Crippen molar-refractivity contribution in [2.75, 3.05) is 26.3 Å². The number of likely N-dealkylation sites (tertiary alicyclic amines) is 1. The molecular weight excluding hydrogens is 316 g/mol. The van der Waals surface area contributed by atoms with Gasteiger partial charge >= 0.3 is 0 Å². The maximum absolute atomic E-state index is 6.05. The summed E-state index contributed by atoms with van der Waals surface area (Å²) < 4.78 is 17.0. The third kappa shape index (κ3) is 4.29. The van der Waals surface area contributed by atoms with Crippen molar-refractivity contribution < 1.29 is 13.9 Å². The van der Waals surface area contributed by atoms with Gasteiger partial charge in [-0.05, 0) is 56.0 Å². The lowest BCUT2D eigenvalue weighted by Gasteiger charge is -2.38. The topological polar surface area (TPSA) is 47.7 Å². The van der Waals surface area contributed by atoms with Crippen LogP contribution in [0.4, 0.5) is 0 Å². The van der Waals surface area contributed by atoms with Gasteiger partial charge < -0.3 is 13.9 Å². The van der Waals surface area contributed by atoms with Gasteiger partial charge in [0.2, 0.25) is 0 Å². The molecule has 2 saturated heterocycles. The molecule has 1 atom stereocenters. The fraction of sp³-hybridized carbons (Fsp3) is 0.550. The van der Waals surface area contributed by atoms with Gasteiger partial charge in [0, 0.05) is 18.3 Å². The van der Waals surface area contributed by atoms with Crippen LogP contribution in [0, 0.1) is 5.41 Å². The second-order valence-corrected chi connectivity index (χ2v) is 7.38. The molecule has 0 amide bonds. The lowest BCUT2D eigenvalue weighted by molar-refractivity contribution is 0.00554. The SMILES string of the molecule is c1ccc(COCC2CC3(CCN(Cc4ccoc4)CC3)CO2)nc1. The van der Waals surface area contributed by atoms with Crippen molar-refractivity contribution in [2.45, 2.75) is 38.5 Å². The van der Waals surface area contributed by atoms with Gasteiger partial charge in [0.1, 0.15) is 0 Å². The average Bonchev–Trinajstić information content (AvgIpc) is 3.29. The van der Waals surface area contributed by atoms with E-state index < -0.39 is 0 Å². The highest BCUT2D eigenvalue weighted by Crippen LogP contribution is 2.42. The third-order valence-electron chi connectivity index (χ3n) is 5.47. The number of hydrogen-bond donors (Lipinski definition) is 0. The zero-order valence-electron chi connectivity index (χ0n) is 14.6. The molecule has 25 heavy (non-hydrogen) atoms. The van der Waals surface area contributed by atoms with E-state index in [9.17, 15) is 0 Å². The molecule has 4 heterocycles. The van der Waals surface area contributed by atoms with Gasteiger partial charge in [-0.15, -0.1) is 0 Å². The molecule has 1 spiro atoms. The van der Waals surface area contributed by atoms with E-state index in [1.54, 1.807) is 12.5 Å². The van der Waals surface area contributed by atoms with Crippen LogP contribution in [-0.2, 0) is 22.6 Å². The minimum Gasteiger partial charge on any atom is -0.472 e. The summed E-state index contributed by atoms with van der Waals surface area (Å²) in [4.78, 5) is 6.80. The number of hydrogen-bond acceptors (Lipinski definition) is 5. The molecule has 5 heteroatoms. The highest BCUT2D eigenvalue weighted by atomic mass is 16.5. The van der Waals surface area contributed by atoms with Crippen LogP contribution < -0.4 is 0 Å². The molecule has 4 rings (SSSR count). The van der Waals surface area contributed by atoms with Crippen LogP contribution >= 0.6 is 0 Å². The highest BCUT2D eigenvalue weighted by Gasteiger charge is 2.42. The molecule has 0 radical (unpaired) electrons. The van der Waals surface area contributed by atoms with E-state index in [0.717, 1.165) is 38.4 Å². The van der Waals surface area contributed by atoms with Crippen molar-refractivity contribution in [1.29, 1.82) is 0 Å². The Kier molecular flexibility index (Phi) is 5.15. The molecule has 2 aliphatic heterocycles. The molecule has 0 N–H and O–H groups in total. The minimum absolute atomic E-state index is 0.226. The second-order valence-electron chi connectivity index (χ2n) is 7.38. The van der Waals surface area contributed by atoms with Crippen LogP contribution in [-0.4, -0.2) is 42.3 Å². The van der Waals surface area contributed by atoms with E-state index in [0.29, 0.717) is 18.6 Å². The predicted molar refractivity (Wildman–Crippen MR) is 93.9 cm³/mol. The molecule has 5 nitrogen and oxygen atoms in total. The first-order valence-electron chi connectivity index (χ1n) is 9.14. The summed E-state index contributed by atoms with van der Waals surface area (Å²) >= 11 is 0. The van der Waals surface area contributed by atoms with Crippen molar-refractivity contribution >= 4 is 0 Å². The summed E-state index contributed by atoms with van der Waals surface area (Å²) in [6, 6.07) is 7.96. The Morgan fingerprint density at radius 1 is 1.24 bits per heavy atom. The van der Waals surface area contributed by atoms with Crippen molar-refractivity contribution in [1.82, 2.24) is 9.88 Å². The number of nitrogens with zero attached hydrogens (tertiary/aromatic N) is 2. The van der Waals surface area contributed by atoms with Crippen molar-refractivity contribution in [3.8, 4) is 0 Å². The quantitative estimate of drug-likeness (QED) is 0.806. The fourth-order valence-corrected chi connectivity index (χ4v) is 3.96. The van der Waals surface area contributed by atoms with Crippen molar-refractivity contribution in [3.63, 3.8) is 0 Å². The van der Waals surface area contributed by atoms with E-state index in [1.807, 2.05) is 24.5 Å². The van der Waals surface area contributed by atoms with Gasteiger partial charge in [-0.25, -0.2) is 0 Å². The van der Waals surface area contributed by atoms with Crippen LogP contribution in [0.1, 0.15) is 30.5 Å². The van der Waals surface area contributed by atoms with Crippen molar-refractivity contribution in [2.24, 2.45) is 5.41 Å². The predicted octanol–water partition coefficient (Wildman–Crippen LogP) is 3.26. The molecule has 0 bridgehead atoms. The lowest BCUT2D eigenvalue weighted by Crippen LogP contribution is -2.40. The van der Waals surface area contributed by atoms with Crippen LogP contribution in [0.3, 0.4) is 0 Å².